The number of aliphatic hydroxyl groups excluding tert-OH is 1. The normalized spacial score (nSPS) is 30.6. The van der Waals surface area contributed by atoms with Crippen LogP contribution < -0.4 is 0 Å². The fourth-order valence-electron chi connectivity index (χ4n) is 7.58. The van der Waals surface area contributed by atoms with Crippen molar-refractivity contribution in [2.75, 3.05) is 59.2 Å². The highest BCUT2D eigenvalue weighted by atomic mass is 32.2. The number of likely N-dealkylation sites (tertiary alicyclic amines) is 1. The fraction of sp³-hybridized carbons (Fsp3) is 0.606. The Morgan fingerprint density at radius 2 is 1.98 bits per heavy atom. The van der Waals surface area contributed by atoms with Gasteiger partial charge in [0.05, 0.1) is 49.1 Å². The Kier molecular flexibility index (Phi) is 10.3. The number of nitrogens with zero attached hydrogens (tertiary/aromatic N) is 3. The molecule has 4 saturated heterocycles. The van der Waals surface area contributed by atoms with Crippen LogP contribution in [-0.2, 0) is 23.9 Å². The van der Waals surface area contributed by atoms with E-state index in [1.807, 2.05) is 30.3 Å². The van der Waals surface area contributed by atoms with E-state index in [1.165, 1.54) is 0 Å². The van der Waals surface area contributed by atoms with Crippen LogP contribution in [0.1, 0.15) is 37.8 Å². The highest BCUT2D eigenvalue weighted by molar-refractivity contribution is 8.02. The molecule has 10 heteroatoms. The van der Waals surface area contributed by atoms with Gasteiger partial charge in [-0.25, -0.2) is 0 Å². The van der Waals surface area contributed by atoms with Crippen LogP contribution in [0.15, 0.2) is 55.6 Å². The third kappa shape index (κ3) is 5.91. The van der Waals surface area contributed by atoms with Crippen molar-refractivity contribution in [2.24, 2.45) is 17.8 Å². The molecule has 1 spiro atoms. The minimum atomic E-state index is -0.837. The van der Waals surface area contributed by atoms with Crippen molar-refractivity contribution in [3.63, 3.8) is 0 Å². The van der Waals surface area contributed by atoms with E-state index in [4.69, 9.17) is 9.47 Å². The zero-order chi connectivity index (χ0) is 30.6. The van der Waals surface area contributed by atoms with Gasteiger partial charge in [-0.1, -0.05) is 49.4 Å². The van der Waals surface area contributed by atoms with Crippen LogP contribution in [0.5, 0.6) is 0 Å². The number of hydrogen-bond acceptors (Lipinski definition) is 8. The molecule has 4 fully saturated rings. The molecule has 1 aromatic rings. The minimum absolute atomic E-state index is 0.0140. The van der Waals surface area contributed by atoms with Gasteiger partial charge >= 0.3 is 5.97 Å². The maximum absolute atomic E-state index is 14.8. The van der Waals surface area contributed by atoms with Gasteiger partial charge in [-0.2, -0.15) is 0 Å². The standard InChI is InChI=1S/C33H45N3O6S/c1-4-6-10-18-42-32(40)27-26-21-23(3)33(43-26)28(27)30(38)36(25(22-37)24-11-8-7-9-12-24)29(33)31(39)35(13-5-2)15-14-34-16-19-41-20-17-34/h4-5,7-9,11-12,23,25-29,37H,1-2,6,10,13-22H2,3H3/t23?,25-,26+,27-,28+,29?,33?/m1/s1. The maximum atomic E-state index is 14.8. The van der Waals surface area contributed by atoms with E-state index >= 15 is 0 Å². The number of fused-ring (bicyclic) bond motifs is 1. The zero-order valence-electron chi connectivity index (χ0n) is 25.1. The number of aliphatic hydroxyl groups is 1. The number of thioether (sulfide) groups is 1. The van der Waals surface area contributed by atoms with Crippen molar-refractivity contribution >= 4 is 29.5 Å². The van der Waals surface area contributed by atoms with Crippen LogP contribution in [0.25, 0.3) is 0 Å². The van der Waals surface area contributed by atoms with E-state index in [9.17, 15) is 19.5 Å². The molecule has 0 aliphatic carbocycles. The van der Waals surface area contributed by atoms with Gasteiger partial charge in [-0.05, 0) is 30.7 Å². The molecule has 0 saturated carbocycles. The monoisotopic (exact) mass is 611 g/mol. The smallest absolute Gasteiger partial charge is 0.310 e. The van der Waals surface area contributed by atoms with E-state index in [1.54, 1.807) is 33.7 Å². The largest absolute Gasteiger partial charge is 0.465 e. The lowest BCUT2D eigenvalue weighted by Gasteiger charge is -2.42. The summed E-state index contributed by atoms with van der Waals surface area (Å²) < 4.78 is 10.4. The molecule has 3 unspecified atom stereocenters. The molecule has 1 aromatic carbocycles. The van der Waals surface area contributed by atoms with Crippen molar-refractivity contribution < 1.29 is 29.0 Å². The summed E-state index contributed by atoms with van der Waals surface area (Å²) in [7, 11) is 0. The molecule has 2 bridgehead atoms. The first-order valence-corrected chi connectivity index (χ1v) is 16.4. The highest BCUT2D eigenvalue weighted by Gasteiger charge is 2.77. The number of rotatable bonds is 14. The number of esters is 1. The van der Waals surface area contributed by atoms with E-state index < -0.39 is 28.7 Å². The number of morpholine rings is 1. The zero-order valence-corrected chi connectivity index (χ0v) is 26.0. The predicted molar refractivity (Wildman–Crippen MR) is 166 cm³/mol. The molecule has 9 nitrogen and oxygen atoms in total. The molecule has 5 rings (SSSR count). The maximum Gasteiger partial charge on any atom is 0.310 e. The summed E-state index contributed by atoms with van der Waals surface area (Å²) in [6.07, 6.45) is 5.65. The Balaban J connectivity index is 1.51. The summed E-state index contributed by atoms with van der Waals surface area (Å²) in [5.41, 5.74) is 0.756. The first-order valence-electron chi connectivity index (χ1n) is 15.5. The number of benzene rings is 1. The molecular formula is C33H45N3O6S. The molecule has 4 aliphatic heterocycles. The van der Waals surface area contributed by atoms with Gasteiger partial charge in [-0.15, -0.1) is 24.9 Å². The molecule has 4 aliphatic rings. The number of allylic oxidation sites excluding steroid dienone is 1. The van der Waals surface area contributed by atoms with Gasteiger partial charge in [0.25, 0.3) is 0 Å². The molecular weight excluding hydrogens is 566 g/mol. The van der Waals surface area contributed by atoms with Crippen molar-refractivity contribution in [1.82, 2.24) is 14.7 Å². The lowest BCUT2D eigenvalue weighted by atomic mass is 9.66. The number of ether oxygens (including phenoxy) is 2. The number of hydrogen-bond donors (Lipinski definition) is 1. The number of unbranched alkanes of at least 4 members (excludes halogenated alkanes) is 1. The average Bonchev–Trinajstić information content (AvgIpc) is 3.62. The second-order valence-electron chi connectivity index (χ2n) is 12.0. The number of carbonyl (C=O) groups excluding carboxylic acids is 3. The van der Waals surface area contributed by atoms with Crippen LogP contribution in [-0.4, -0.2) is 113 Å². The van der Waals surface area contributed by atoms with Crippen LogP contribution in [0.2, 0.25) is 0 Å². The lowest BCUT2D eigenvalue weighted by Crippen LogP contribution is -2.58. The van der Waals surface area contributed by atoms with Gasteiger partial charge in [-0.3, -0.25) is 19.3 Å². The second-order valence-corrected chi connectivity index (χ2v) is 13.6. The Labute approximate surface area is 259 Å². The van der Waals surface area contributed by atoms with Crippen molar-refractivity contribution in [2.45, 2.75) is 48.3 Å². The Morgan fingerprint density at radius 3 is 2.65 bits per heavy atom. The topological polar surface area (TPSA) is 99.6 Å². The quantitative estimate of drug-likeness (QED) is 0.195. The van der Waals surface area contributed by atoms with E-state index in [2.05, 4.69) is 25.0 Å². The summed E-state index contributed by atoms with van der Waals surface area (Å²) in [5, 5.41) is 10.7. The van der Waals surface area contributed by atoms with E-state index in [0.29, 0.717) is 39.3 Å². The molecule has 0 aromatic heterocycles. The second kappa shape index (κ2) is 14.0. The van der Waals surface area contributed by atoms with Gasteiger partial charge in [0.1, 0.15) is 6.04 Å². The molecule has 234 valence electrons. The van der Waals surface area contributed by atoms with Crippen molar-refractivity contribution in [3.05, 3.63) is 61.2 Å². The molecule has 1 N–H and O–H groups in total. The number of carbonyl (C=O) groups is 3. The fourth-order valence-corrected chi connectivity index (χ4v) is 9.97. The first-order chi connectivity index (χ1) is 20.9. The van der Waals surface area contributed by atoms with Gasteiger partial charge < -0.3 is 24.4 Å². The van der Waals surface area contributed by atoms with Crippen molar-refractivity contribution in [3.8, 4) is 0 Å². The van der Waals surface area contributed by atoms with Gasteiger partial charge in [0.2, 0.25) is 11.8 Å². The SMILES string of the molecule is C=CCCCOC(=O)[C@@H]1[C@@H]2CC(C)C3(S2)C(C(=O)N(CC=C)CCN2CCOCC2)N([C@H](CO)c2ccccc2)C(=O)[C@H]13. The predicted octanol–water partition coefficient (Wildman–Crippen LogP) is 2.91. The third-order valence-electron chi connectivity index (χ3n) is 9.63. The number of amides is 2. The highest BCUT2D eigenvalue weighted by Crippen LogP contribution is 2.69. The summed E-state index contributed by atoms with van der Waals surface area (Å²) in [5.74, 6) is -2.08. The summed E-state index contributed by atoms with van der Waals surface area (Å²) in [4.78, 5) is 48.8. The van der Waals surface area contributed by atoms with Crippen LogP contribution >= 0.6 is 11.8 Å². The lowest BCUT2D eigenvalue weighted by molar-refractivity contribution is -0.155. The summed E-state index contributed by atoms with van der Waals surface area (Å²) in [6, 6.07) is 7.82. The third-order valence-corrected chi connectivity index (χ3v) is 11.7. The van der Waals surface area contributed by atoms with Crippen LogP contribution in [0.3, 0.4) is 0 Å². The van der Waals surface area contributed by atoms with E-state index in [-0.39, 0.29) is 42.2 Å². The average molecular weight is 612 g/mol. The first kappa shape index (κ1) is 31.8. The van der Waals surface area contributed by atoms with E-state index in [0.717, 1.165) is 31.5 Å². The molecule has 2 amide bonds. The van der Waals surface area contributed by atoms with Crippen LogP contribution in [0.4, 0.5) is 0 Å². The van der Waals surface area contributed by atoms with Gasteiger partial charge in [0, 0.05) is 38.0 Å². The summed E-state index contributed by atoms with van der Waals surface area (Å²) >= 11 is 1.63. The molecule has 43 heavy (non-hydrogen) atoms. The molecule has 4 heterocycles. The Morgan fingerprint density at radius 1 is 1.23 bits per heavy atom. The molecule has 0 radical (unpaired) electrons. The van der Waals surface area contributed by atoms with Crippen LogP contribution in [0, 0.1) is 17.8 Å². The molecule has 7 atom stereocenters. The minimum Gasteiger partial charge on any atom is -0.465 e. The summed E-state index contributed by atoms with van der Waals surface area (Å²) in [6.45, 7) is 14.2. The Hall–Kier alpha value is -2.66. The van der Waals surface area contributed by atoms with Crippen molar-refractivity contribution in [1.29, 1.82) is 0 Å². The Bertz CT molecular complexity index is 1180. The van der Waals surface area contributed by atoms with Gasteiger partial charge in [0.15, 0.2) is 0 Å².